The van der Waals surface area contributed by atoms with Gasteiger partial charge in [0.1, 0.15) is 0 Å². The summed E-state index contributed by atoms with van der Waals surface area (Å²) in [7, 11) is 0. The number of nitrogens with one attached hydrogen (secondary N) is 1. The van der Waals surface area contributed by atoms with Gasteiger partial charge in [0, 0.05) is 51.8 Å². The molecule has 4 heteroatoms. The number of nitrogens with zero attached hydrogens (tertiary/aromatic N) is 2. The maximum Gasteiger partial charge on any atom is 0.0646 e. The Hall–Kier alpha value is -0.0681. The largest absolute Gasteiger partial charge is 0.310 e. The summed E-state index contributed by atoms with van der Waals surface area (Å²) in [6.07, 6.45) is 9.86. The molecule has 0 heterocycles. The molecule has 0 fully saturated rings. The molecule has 0 aromatic carbocycles. The van der Waals surface area contributed by atoms with Crippen molar-refractivity contribution in [3.63, 3.8) is 0 Å². The van der Waals surface area contributed by atoms with E-state index in [-0.39, 0.29) is 32.5 Å². The number of hydrogen-bond donors (Lipinski definition) is 1. The van der Waals surface area contributed by atoms with Crippen LogP contribution in [0, 0.1) is 31.1 Å². The van der Waals surface area contributed by atoms with Gasteiger partial charge in [-0.3, -0.25) is 4.99 Å². The Balaban J connectivity index is -0.000000143. The van der Waals surface area contributed by atoms with Crippen LogP contribution in [0.2, 0.25) is 0 Å². The number of hydrogen-bond acceptors (Lipinski definition) is 3. The van der Waals surface area contributed by atoms with E-state index in [0.717, 1.165) is 32.4 Å². The normalized spacial score (nSPS) is 9.59. The van der Waals surface area contributed by atoms with Gasteiger partial charge < -0.3 is 5.43 Å². The predicted molar refractivity (Wildman–Crippen MR) is 77.7 cm³/mol. The first kappa shape index (κ1) is 22.1. The quantitative estimate of drug-likeness (QED) is 0.252. The van der Waals surface area contributed by atoms with Crippen LogP contribution in [0.15, 0.2) is 22.7 Å². The van der Waals surface area contributed by atoms with Gasteiger partial charge in [-0.15, -0.1) is 6.58 Å². The van der Waals surface area contributed by atoms with Gasteiger partial charge in [-0.2, -0.15) is 5.10 Å². The third-order valence-corrected chi connectivity index (χ3v) is 1.63. The standard InChI is InChI=1S/C9H19N3.C4H8.U.H2/c1-3-5-7-10-8-9-12-11-6-4-2;1-3-4-2;;/h8-9,11H,3-7H2,1-2H3;3H,1,4H2,2H3;;1H/i;;;1+2. The number of allylic oxidation sites excluding steroid dienone is 1. The summed E-state index contributed by atoms with van der Waals surface area (Å²) in [4.78, 5) is 4.14. The van der Waals surface area contributed by atoms with Gasteiger partial charge >= 0.3 is 0 Å². The minimum absolute atomic E-state index is 0. The van der Waals surface area contributed by atoms with Crippen LogP contribution in [-0.2, 0) is 0 Å². The minimum Gasteiger partial charge on any atom is -0.310 e. The molecule has 0 saturated heterocycles. The van der Waals surface area contributed by atoms with Crippen LogP contribution < -0.4 is 5.43 Å². The summed E-state index contributed by atoms with van der Waals surface area (Å²) in [5.41, 5.74) is 2.90. The predicted octanol–water partition coefficient (Wildman–Crippen LogP) is 3.67. The minimum atomic E-state index is 0. The molecule has 0 aromatic heterocycles. The van der Waals surface area contributed by atoms with Crippen LogP contribution >= 0.6 is 0 Å². The van der Waals surface area contributed by atoms with Gasteiger partial charge in [-0.1, -0.05) is 33.3 Å². The van der Waals surface area contributed by atoms with Crippen molar-refractivity contribution >= 4 is 12.4 Å². The maximum absolute atomic E-state index is 4.14. The molecule has 0 aromatic rings. The summed E-state index contributed by atoms with van der Waals surface area (Å²) in [6, 6.07) is 0. The Kier molecular flexibility index (Phi) is 32.5. The fourth-order valence-electron chi connectivity index (χ4n) is 0.633. The smallest absolute Gasteiger partial charge is 0.0646 e. The van der Waals surface area contributed by atoms with Crippen molar-refractivity contribution in [2.45, 2.75) is 46.5 Å². The molecule has 0 bridgehead atoms. The fourth-order valence-corrected chi connectivity index (χ4v) is 0.633. The van der Waals surface area contributed by atoms with E-state index in [1.807, 2.05) is 6.08 Å². The third-order valence-electron chi connectivity index (χ3n) is 1.63. The Labute approximate surface area is 132 Å². The molecule has 0 saturated carbocycles. The average molecular weight is 467 g/mol. The van der Waals surface area contributed by atoms with Crippen LogP contribution in [-0.4, -0.2) is 25.5 Å². The first-order valence-electron chi connectivity index (χ1n) is 6.18. The van der Waals surface area contributed by atoms with Crippen LogP contribution in [0.1, 0.15) is 47.9 Å². The number of unbranched alkanes of at least 4 members (excludes halogenated alkanes) is 1. The molecule has 0 amide bonds. The molecule has 0 rings (SSSR count). The molecular formula is C13H29N3U. The second-order valence-electron chi connectivity index (χ2n) is 3.29. The molecule has 0 aliphatic rings. The van der Waals surface area contributed by atoms with Crippen molar-refractivity contribution in [1.82, 2.24) is 5.43 Å². The number of rotatable bonds is 8. The van der Waals surface area contributed by atoms with E-state index in [1.165, 1.54) is 6.42 Å². The number of aliphatic imine (C=N–C) groups is 1. The van der Waals surface area contributed by atoms with Crippen molar-refractivity contribution in [2.24, 2.45) is 10.1 Å². The molecular weight excluding hydrogens is 436 g/mol. The Morgan fingerprint density at radius 3 is 2.29 bits per heavy atom. The zero-order valence-electron chi connectivity index (χ0n) is 11.6. The van der Waals surface area contributed by atoms with Crippen molar-refractivity contribution in [2.75, 3.05) is 13.1 Å². The second kappa shape index (κ2) is 25.0. The molecule has 3 nitrogen and oxygen atoms in total. The van der Waals surface area contributed by atoms with Crippen LogP contribution in [0.5, 0.6) is 0 Å². The number of hydrazone groups is 1. The van der Waals surface area contributed by atoms with Crippen LogP contribution in [0.3, 0.4) is 0 Å². The average Bonchev–Trinajstić information content (AvgIpc) is 2.33. The third kappa shape index (κ3) is 31.3. The summed E-state index contributed by atoms with van der Waals surface area (Å²) < 4.78 is 0. The zero-order valence-corrected chi connectivity index (χ0v) is 15.7. The SMILES string of the molecule is C=CCC.CCCCN=CC=NNCCC.[3HH].[U]. The summed E-state index contributed by atoms with van der Waals surface area (Å²) >= 11 is 0. The summed E-state index contributed by atoms with van der Waals surface area (Å²) in [5, 5.41) is 3.93. The van der Waals surface area contributed by atoms with Crippen LogP contribution in [0.4, 0.5) is 0 Å². The van der Waals surface area contributed by atoms with E-state index in [4.69, 9.17) is 0 Å². The van der Waals surface area contributed by atoms with Gasteiger partial charge in [0.15, 0.2) is 0 Å². The molecule has 0 unspecified atom stereocenters. The van der Waals surface area contributed by atoms with E-state index >= 15 is 0 Å². The van der Waals surface area contributed by atoms with E-state index in [1.54, 1.807) is 12.4 Å². The van der Waals surface area contributed by atoms with E-state index in [2.05, 4.69) is 42.9 Å². The molecule has 0 atom stereocenters. The molecule has 0 aliphatic carbocycles. The Morgan fingerprint density at radius 1 is 1.18 bits per heavy atom. The van der Waals surface area contributed by atoms with Crippen molar-refractivity contribution in [3.8, 4) is 0 Å². The van der Waals surface area contributed by atoms with Gasteiger partial charge in [-0.25, -0.2) is 0 Å². The molecule has 0 radical (unpaired) electrons. The first-order valence-corrected chi connectivity index (χ1v) is 6.18. The van der Waals surface area contributed by atoms with E-state index in [9.17, 15) is 0 Å². The molecule has 17 heavy (non-hydrogen) atoms. The summed E-state index contributed by atoms with van der Waals surface area (Å²) in [5.74, 6) is 0. The first-order chi connectivity index (χ1) is 7.83. The second-order valence-corrected chi connectivity index (χ2v) is 3.29. The fraction of sp³-hybridized carbons (Fsp3) is 0.692. The maximum atomic E-state index is 4.14. The summed E-state index contributed by atoms with van der Waals surface area (Å²) in [6.45, 7) is 11.7. The Morgan fingerprint density at radius 2 is 1.82 bits per heavy atom. The van der Waals surface area contributed by atoms with E-state index in [0.29, 0.717) is 0 Å². The van der Waals surface area contributed by atoms with Crippen molar-refractivity contribution in [1.29, 1.82) is 0 Å². The monoisotopic (exact) mass is 467 g/mol. The van der Waals surface area contributed by atoms with Gasteiger partial charge in [-0.05, 0) is 19.3 Å². The van der Waals surface area contributed by atoms with Gasteiger partial charge in [0.05, 0.1) is 6.21 Å². The van der Waals surface area contributed by atoms with Crippen molar-refractivity contribution < 1.29 is 32.5 Å². The van der Waals surface area contributed by atoms with Crippen LogP contribution in [0.25, 0.3) is 0 Å². The van der Waals surface area contributed by atoms with E-state index < -0.39 is 0 Å². The molecule has 100 valence electrons. The zero-order chi connectivity index (χ0) is 12.5. The molecule has 0 aliphatic heterocycles. The van der Waals surface area contributed by atoms with Crippen molar-refractivity contribution in [3.05, 3.63) is 12.7 Å². The van der Waals surface area contributed by atoms with Gasteiger partial charge in [0.25, 0.3) is 0 Å². The van der Waals surface area contributed by atoms with Gasteiger partial charge in [0.2, 0.25) is 0 Å². The molecule has 0 spiro atoms. The molecule has 1 N–H and O–H groups in total. The Bertz CT molecular complexity index is 169. The topological polar surface area (TPSA) is 36.8 Å².